The lowest BCUT2D eigenvalue weighted by molar-refractivity contribution is 0.401. The molecule has 0 fully saturated rings. The Morgan fingerprint density at radius 2 is 2.13 bits per heavy atom. The van der Waals surface area contributed by atoms with Gasteiger partial charge in [0.15, 0.2) is 0 Å². The fourth-order valence-electron chi connectivity index (χ4n) is 1.61. The number of phenolic OH excluding ortho intramolecular Hbond substituents is 1. The van der Waals surface area contributed by atoms with Crippen LogP contribution in [0.1, 0.15) is 30.4 Å². The van der Waals surface area contributed by atoms with E-state index >= 15 is 0 Å². The van der Waals surface area contributed by atoms with Crippen molar-refractivity contribution in [1.29, 1.82) is 0 Å². The Labute approximate surface area is 90.9 Å². The van der Waals surface area contributed by atoms with Gasteiger partial charge in [-0.2, -0.15) is 0 Å². The first-order chi connectivity index (χ1) is 7.10. The lowest BCUT2D eigenvalue weighted by Crippen LogP contribution is -2.05. The SMILES string of the molecule is COc1cc(C(C)CCN)cc(O)c1C. The molecule has 0 radical (unpaired) electrons. The minimum absolute atomic E-state index is 0.285. The van der Waals surface area contributed by atoms with Gasteiger partial charge in [0.25, 0.3) is 0 Å². The highest BCUT2D eigenvalue weighted by atomic mass is 16.5. The monoisotopic (exact) mass is 209 g/mol. The Morgan fingerprint density at radius 1 is 1.47 bits per heavy atom. The molecule has 0 aliphatic carbocycles. The summed E-state index contributed by atoms with van der Waals surface area (Å²) in [5.41, 5.74) is 7.36. The van der Waals surface area contributed by atoms with Gasteiger partial charge in [0.05, 0.1) is 7.11 Å². The Kier molecular flexibility index (Phi) is 3.97. The van der Waals surface area contributed by atoms with E-state index in [-0.39, 0.29) is 5.75 Å². The van der Waals surface area contributed by atoms with Gasteiger partial charge in [-0.05, 0) is 43.5 Å². The van der Waals surface area contributed by atoms with Crippen molar-refractivity contribution in [3.05, 3.63) is 23.3 Å². The topological polar surface area (TPSA) is 55.5 Å². The smallest absolute Gasteiger partial charge is 0.125 e. The summed E-state index contributed by atoms with van der Waals surface area (Å²) in [6.45, 7) is 4.58. The number of hydrogen-bond acceptors (Lipinski definition) is 3. The Bertz CT molecular complexity index is 337. The van der Waals surface area contributed by atoms with Gasteiger partial charge >= 0.3 is 0 Å². The lowest BCUT2D eigenvalue weighted by atomic mass is 9.96. The second-order valence-electron chi connectivity index (χ2n) is 3.85. The maximum absolute atomic E-state index is 9.72. The van der Waals surface area contributed by atoms with Gasteiger partial charge in [-0.25, -0.2) is 0 Å². The maximum Gasteiger partial charge on any atom is 0.125 e. The first-order valence-electron chi connectivity index (χ1n) is 5.17. The predicted octanol–water partition coefficient (Wildman–Crippen LogP) is 2.16. The minimum Gasteiger partial charge on any atom is -0.508 e. The zero-order chi connectivity index (χ0) is 11.4. The van der Waals surface area contributed by atoms with Crippen molar-refractivity contribution in [3.63, 3.8) is 0 Å². The zero-order valence-electron chi connectivity index (χ0n) is 9.58. The fourth-order valence-corrected chi connectivity index (χ4v) is 1.61. The Hall–Kier alpha value is -1.22. The summed E-state index contributed by atoms with van der Waals surface area (Å²) in [7, 11) is 1.61. The molecular weight excluding hydrogens is 190 g/mol. The van der Waals surface area contributed by atoms with Crippen LogP contribution >= 0.6 is 0 Å². The van der Waals surface area contributed by atoms with E-state index in [0.29, 0.717) is 12.5 Å². The summed E-state index contributed by atoms with van der Waals surface area (Å²) < 4.78 is 5.20. The average molecular weight is 209 g/mol. The van der Waals surface area contributed by atoms with Crippen LogP contribution in [-0.2, 0) is 0 Å². The largest absolute Gasteiger partial charge is 0.508 e. The highest BCUT2D eigenvalue weighted by molar-refractivity contribution is 5.47. The molecule has 0 heterocycles. The summed E-state index contributed by atoms with van der Waals surface area (Å²) in [5, 5.41) is 9.72. The second kappa shape index (κ2) is 5.03. The summed E-state index contributed by atoms with van der Waals surface area (Å²) in [6, 6.07) is 3.76. The van der Waals surface area contributed by atoms with Crippen LogP contribution in [0.5, 0.6) is 11.5 Å². The van der Waals surface area contributed by atoms with Crippen LogP contribution in [0.2, 0.25) is 0 Å². The quantitative estimate of drug-likeness (QED) is 0.799. The molecule has 3 heteroatoms. The van der Waals surface area contributed by atoms with Crippen molar-refractivity contribution in [2.45, 2.75) is 26.2 Å². The Balaban J connectivity index is 3.05. The normalized spacial score (nSPS) is 12.5. The van der Waals surface area contributed by atoms with E-state index < -0.39 is 0 Å². The molecule has 15 heavy (non-hydrogen) atoms. The number of benzene rings is 1. The number of ether oxygens (including phenoxy) is 1. The summed E-state index contributed by atoms with van der Waals surface area (Å²) in [5.74, 6) is 1.36. The molecular formula is C12H19NO2. The third-order valence-corrected chi connectivity index (χ3v) is 2.74. The van der Waals surface area contributed by atoms with Crippen molar-refractivity contribution < 1.29 is 9.84 Å². The van der Waals surface area contributed by atoms with Gasteiger partial charge in [0.2, 0.25) is 0 Å². The molecule has 1 atom stereocenters. The summed E-state index contributed by atoms with van der Waals surface area (Å²) in [4.78, 5) is 0. The molecule has 0 saturated carbocycles. The highest BCUT2D eigenvalue weighted by Crippen LogP contribution is 2.32. The van der Waals surface area contributed by atoms with Gasteiger partial charge in [-0.1, -0.05) is 6.92 Å². The van der Waals surface area contributed by atoms with E-state index in [1.807, 2.05) is 13.0 Å². The Morgan fingerprint density at radius 3 is 2.67 bits per heavy atom. The van der Waals surface area contributed by atoms with Gasteiger partial charge in [0, 0.05) is 5.56 Å². The number of nitrogens with two attached hydrogens (primary N) is 1. The molecule has 3 N–H and O–H groups in total. The van der Waals surface area contributed by atoms with Crippen molar-refractivity contribution >= 4 is 0 Å². The third kappa shape index (κ3) is 2.63. The van der Waals surface area contributed by atoms with Crippen LogP contribution in [0.25, 0.3) is 0 Å². The van der Waals surface area contributed by atoms with Crippen molar-refractivity contribution in [3.8, 4) is 11.5 Å². The molecule has 0 bridgehead atoms. The van der Waals surface area contributed by atoms with Crippen LogP contribution in [-0.4, -0.2) is 18.8 Å². The molecule has 1 rings (SSSR count). The van der Waals surface area contributed by atoms with E-state index in [2.05, 4.69) is 6.92 Å². The number of rotatable bonds is 4. The first-order valence-corrected chi connectivity index (χ1v) is 5.17. The van der Waals surface area contributed by atoms with Crippen LogP contribution < -0.4 is 10.5 Å². The second-order valence-corrected chi connectivity index (χ2v) is 3.85. The van der Waals surface area contributed by atoms with Gasteiger partial charge in [-0.3, -0.25) is 0 Å². The molecule has 0 amide bonds. The number of methoxy groups -OCH3 is 1. The molecule has 0 aliphatic rings. The number of aromatic hydroxyl groups is 1. The minimum atomic E-state index is 0.285. The average Bonchev–Trinajstić information content (AvgIpc) is 2.22. The first kappa shape index (κ1) is 11.9. The standard InChI is InChI=1S/C12H19NO2/c1-8(4-5-13)10-6-11(14)9(2)12(7-10)15-3/h6-8,14H,4-5,13H2,1-3H3. The molecule has 0 spiro atoms. The van der Waals surface area contributed by atoms with Crippen LogP contribution in [0.4, 0.5) is 0 Å². The molecule has 0 aromatic heterocycles. The third-order valence-electron chi connectivity index (χ3n) is 2.74. The van der Waals surface area contributed by atoms with E-state index in [1.54, 1.807) is 13.2 Å². The predicted molar refractivity (Wildman–Crippen MR) is 61.5 cm³/mol. The van der Waals surface area contributed by atoms with E-state index in [4.69, 9.17) is 10.5 Å². The molecule has 1 unspecified atom stereocenters. The van der Waals surface area contributed by atoms with E-state index in [0.717, 1.165) is 23.3 Å². The van der Waals surface area contributed by atoms with E-state index in [9.17, 15) is 5.11 Å². The van der Waals surface area contributed by atoms with Crippen LogP contribution in [0.15, 0.2) is 12.1 Å². The van der Waals surface area contributed by atoms with Gasteiger partial charge in [-0.15, -0.1) is 0 Å². The molecule has 1 aromatic rings. The highest BCUT2D eigenvalue weighted by Gasteiger charge is 2.11. The zero-order valence-corrected chi connectivity index (χ0v) is 9.58. The van der Waals surface area contributed by atoms with E-state index in [1.165, 1.54) is 0 Å². The van der Waals surface area contributed by atoms with Crippen LogP contribution in [0.3, 0.4) is 0 Å². The summed E-state index contributed by atoms with van der Waals surface area (Å²) >= 11 is 0. The maximum atomic E-state index is 9.72. The fraction of sp³-hybridized carbons (Fsp3) is 0.500. The van der Waals surface area contributed by atoms with Gasteiger partial charge in [0.1, 0.15) is 11.5 Å². The number of phenols is 1. The summed E-state index contributed by atoms with van der Waals surface area (Å²) in [6.07, 6.45) is 0.908. The van der Waals surface area contributed by atoms with Crippen molar-refractivity contribution in [1.82, 2.24) is 0 Å². The molecule has 1 aromatic carbocycles. The molecule has 84 valence electrons. The molecule has 3 nitrogen and oxygen atoms in total. The van der Waals surface area contributed by atoms with Gasteiger partial charge < -0.3 is 15.6 Å². The number of hydrogen-bond donors (Lipinski definition) is 2. The van der Waals surface area contributed by atoms with Crippen molar-refractivity contribution in [2.24, 2.45) is 5.73 Å². The van der Waals surface area contributed by atoms with Crippen molar-refractivity contribution in [2.75, 3.05) is 13.7 Å². The lowest BCUT2D eigenvalue weighted by Gasteiger charge is -2.14. The molecule has 0 saturated heterocycles. The van der Waals surface area contributed by atoms with Crippen LogP contribution in [0, 0.1) is 6.92 Å². The molecule has 0 aliphatic heterocycles.